The van der Waals surface area contributed by atoms with E-state index in [1.807, 2.05) is 6.07 Å². The van der Waals surface area contributed by atoms with Crippen molar-refractivity contribution >= 4 is 10.0 Å². The second-order valence-electron chi connectivity index (χ2n) is 4.53. The fraction of sp³-hybridized carbons (Fsp3) is 0.462. The van der Waals surface area contributed by atoms with Crippen LogP contribution in [0.15, 0.2) is 29.2 Å². The second-order valence-corrected chi connectivity index (χ2v) is 6.39. The van der Waals surface area contributed by atoms with Crippen LogP contribution >= 0.6 is 0 Å². The van der Waals surface area contributed by atoms with Gasteiger partial charge in [-0.05, 0) is 25.0 Å². The third-order valence-electron chi connectivity index (χ3n) is 3.40. The van der Waals surface area contributed by atoms with Crippen molar-refractivity contribution in [1.82, 2.24) is 4.31 Å². The van der Waals surface area contributed by atoms with E-state index in [0.29, 0.717) is 0 Å². The van der Waals surface area contributed by atoms with Gasteiger partial charge >= 0.3 is 0 Å². The van der Waals surface area contributed by atoms with E-state index in [0.717, 1.165) is 19.3 Å². The molecule has 0 bridgehead atoms. The Morgan fingerprint density at radius 2 is 2.05 bits per heavy atom. The van der Waals surface area contributed by atoms with Gasteiger partial charge in [-0.25, -0.2) is 8.42 Å². The highest BCUT2D eigenvalue weighted by Gasteiger charge is 2.35. The summed E-state index contributed by atoms with van der Waals surface area (Å²) in [6, 6.07) is 8.02. The van der Waals surface area contributed by atoms with Gasteiger partial charge in [-0.3, -0.25) is 0 Å². The molecule has 102 valence electrons. The first kappa shape index (κ1) is 14.0. The first-order valence-electron chi connectivity index (χ1n) is 6.23. The van der Waals surface area contributed by atoms with Crippen LogP contribution in [0.1, 0.15) is 24.8 Å². The summed E-state index contributed by atoms with van der Waals surface area (Å²) < 4.78 is 26.5. The molecule has 1 N–H and O–H groups in total. The average molecular weight is 280 g/mol. The summed E-state index contributed by atoms with van der Waals surface area (Å²) in [5.74, 6) is 0. The van der Waals surface area contributed by atoms with E-state index in [9.17, 15) is 8.42 Å². The van der Waals surface area contributed by atoms with Gasteiger partial charge in [-0.15, -0.1) is 0 Å². The van der Waals surface area contributed by atoms with Crippen molar-refractivity contribution in [3.63, 3.8) is 0 Å². The van der Waals surface area contributed by atoms with Crippen molar-refractivity contribution < 1.29 is 13.5 Å². The van der Waals surface area contributed by atoms with E-state index < -0.39 is 10.0 Å². The number of nitrogens with zero attached hydrogens (tertiary/aromatic N) is 2. The molecule has 0 atom stereocenters. The molecule has 1 aliphatic rings. The zero-order chi connectivity index (χ0) is 13.9. The number of nitriles is 1. The molecule has 6 heteroatoms. The topological polar surface area (TPSA) is 81.4 Å². The van der Waals surface area contributed by atoms with Crippen LogP contribution in [-0.2, 0) is 10.0 Å². The van der Waals surface area contributed by atoms with Gasteiger partial charge < -0.3 is 5.11 Å². The fourth-order valence-corrected chi connectivity index (χ4v) is 4.00. The molecule has 19 heavy (non-hydrogen) atoms. The quantitative estimate of drug-likeness (QED) is 0.875. The Hall–Kier alpha value is -1.42. The summed E-state index contributed by atoms with van der Waals surface area (Å²) in [6.45, 7) is -0.142. The van der Waals surface area contributed by atoms with Crippen molar-refractivity contribution in [2.45, 2.75) is 30.2 Å². The molecule has 0 aromatic heterocycles. The van der Waals surface area contributed by atoms with E-state index in [4.69, 9.17) is 10.4 Å². The Kier molecular flexibility index (Phi) is 4.20. The maximum Gasteiger partial charge on any atom is 0.244 e. The van der Waals surface area contributed by atoms with Crippen LogP contribution in [-0.4, -0.2) is 37.0 Å². The van der Waals surface area contributed by atoms with Crippen LogP contribution in [0.5, 0.6) is 0 Å². The standard InChI is InChI=1S/C13H16N2O3S/c14-10-11-4-1-2-7-13(11)19(17,18)15(8-9-16)12-5-3-6-12/h1-2,4,7,12,16H,3,5-6,8-9H2. The third kappa shape index (κ3) is 2.63. The summed E-state index contributed by atoms with van der Waals surface area (Å²) in [5, 5.41) is 18.1. The van der Waals surface area contributed by atoms with Crippen LogP contribution in [0.3, 0.4) is 0 Å². The van der Waals surface area contributed by atoms with E-state index in [1.54, 1.807) is 12.1 Å². The first-order chi connectivity index (χ1) is 9.11. The number of aliphatic hydroxyl groups is 1. The maximum absolute atomic E-state index is 12.6. The minimum Gasteiger partial charge on any atom is -0.395 e. The molecule has 0 aliphatic heterocycles. The van der Waals surface area contributed by atoms with E-state index >= 15 is 0 Å². The van der Waals surface area contributed by atoms with Crippen LogP contribution in [0, 0.1) is 11.3 Å². The number of hydrogen-bond acceptors (Lipinski definition) is 4. The molecule has 0 saturated heterocycles. The SMILES string of the molecule is N#Cc1ccccc1S(=O)(=O)N(CCO)C1CCC1. The molecule has 2 rings (SSSR count). The number of sulfonamides is 1. The molecule has 0 amide bonds. The minimum absolute atomic E-state index is 0.0258. The molecule has 1 aliphatic carbocycles. The van der Waals surface area contributed by atoms with Crippen molar-refractivity contribution in [3.05, 3.63) is 29.8 Å². The molecule has 1 saturated carbocycles. The zero-order valence-electron chi connectivity index (χ0n) is 10.5. The van der Waals surface area contributed by atoms with E-state index in [-0.39, 0.29) is 29.7 Å². The summed E-state index contributed by atoms with van der Waals surface area (Å²) in [6.07, 6.45) is 2.63. The van der Waals surface area contributed by atoms with Crippen molar-refractivity contribution in [3.8, 4) is 6.07 Å². The van der Waals surface area contributed by atoms with Gasteiger partial charge in [0.05, 0.1) is 17.1 Å². The predicted octanol–water partition coefficient (Wildman–Crippen LogP) is 1.09. The smallest absolute Gasteiger partial charge is 0.244 e. The summed E-state index contributed by atoms with van der Waals surface area (Å²) >= 11 is 0. The average Bonchev–Trinajstić information content (AvgIpc) is 2.36. The van der Waals surface area contributed by atoms with Gasteiger partial charge in [-0.2, -0.15) is 9.57 Å². The van der Waals surface area contributed by atoms with Gasteiger partial charge in [0.2, 0.25) is 10.0 Å². The van der Waals surface area contributed by atoms with Crippen molar-refractivity contribution in [2.24, 2.45) is 0 Å². The number of hydrogen-bond donors (Lipinski definition) is 1. The van der Waals surface area contributed by atoms with Gasteiger partial charge in [-0.1, -0.05) is 18.6 Å². The highest BCUT2D eigenvalue weighted by Crippen LogP contribution is 2.30. The predicted molar refractivity (Wildman–Crippen MR) is 69.8 cm³/mol. The lowest BCUT2D eigenvalue weighted by atomic mass is 9.93. The van der Waals surface area contributed by atoms with E-state index in [2.05, 4.69) is 0 Å². The lowest BCUT2D eigenvalue weighted by Crippen LogP contribution is -2.45. The zero-order valence-corrected chi connectivity index (χ0v) is 11.3. The normalized spacial score (nSPS) is 16.1. The van der Waals surface area contributed by atoms with Crippen LogP contribution in [0.2, 0.25) is 0 Å². The van der Waals surface area contributed by atoms with Crippen molar-refractivity contribution in [2.75, 3.05) is 13.2 Å². The van der Waals surface area contributed by atoms with Crippen LogP contribution in [0.4, 0.5) is 0 Å². The Morgan fingerprint density at radius 3 is 2.58 bits per heavy atom. The lowest BCUT2D eigenvalue weighted by molar-refractivity contribution is 0.178. The maximum atomic E-state index is 12.6. The number of rotatable bonds is 5. The molecular weight excluding hydrogens is 264 g/mol. The Balaban J connectivity index is 2.41. The molecule has 0 spiro atoms. The molecule has 5 nitrogen and oxygen atoms in total. The first-order valence-corrected chi connectivity index (χ1v) is 7.67. The summed E-state index contributed by atoms with van der Waals surface area (Å²) in [4.78, 5) is 0.0258. The third-order valence-corrected chi connectivity index (χ3v) is 5.41. The molecule has 1 aromatic carbocycles. The molecule has 0 unspecified atom stereocenters. The van der Waals surface area contributed by atoms with E-state index in [1.165, 1.54) is 16.4 Å². The van der Waals surface area contributed by atoms with Gasteiger partial charge in [0.1, 0.15) is 6.07 Å². The number of benzene rings is 1. The molecule has 0 heterocycles. The minimum atomic E-state index is -3.72. The van der Waals surface area contributed by atoms with Gasteiger partial charge in [0, 0.05) is 12.6 Å². The van der Waals surface area contributed by atoms with Gasteiger partial charge in [0.15, 0.2) is 0 Å². The largest absolute Gasteiger partial charge is 0.395 e. The Bertz CT molecular complexity index is 588. The molecular formula is C13H16N2O3S. The highest BCUT2D eigenvalue weighted by molar-refractivity contribution is 7.89. The molecule has 1 fully saturated rings. The van der Waals surface area contributed by atoms with Crippen molar-refractivity contribution in [1.29, 1.82) is 5.26 Å². The number of aliphatic hydroxyl groups excluding tert-OH is 1. The summed E-state index contributed by atoms with van der Waals surface area (Å²) in [5.41, 5.74) is 0.143. The Morgan fingerprint density at radius 1 is 1.37 bits per heavy atom. The lowest BCUT2D eigenvalue weighted by Gasteiger charge is -2.36. The molecule has 1 aromatic rings. The Labute approximate surface area is 113 Å². The fourth-order valence-electron chi connectivity index (χ4n) is 2.18. The van der Waals surface area contributed by atoms with Gasteiger partial charge in [0.25, 0.3) is 0 Å². The summed E-state index contributed by atoms with van der Waals surface area (Å²) in [7, 11) is -3.72. The molecule has 0 radical (unpaired) electrons. The second kappa shape index (κ2) is 5.70. The van der Waals surface area contributed by atoms with Crippen LogP contribution in [0.25, 0.3) is 0 Å². The monoisotopic (exact) mass is 280 g/mol. The highest BCUT2D eigenvalue weighted by atomic mass is 32.2. The van der Waals surface area contributed by atoms with Crippen LogP contribution < -0.4 is 0 Å².